The fourth-order valence-corrected chi connectivity index (χ4v) is 5.79. The minimum absolute atomic E-state index is 0.0147. The van der Waals surface area contributed by atoms with Crippen LogP contribution in [0.2, 0.25) is 0 Å². The summed E-state index contributed by atoms with van der Waals surface area (Å²) < 4.78 is 43.1. The third-order valence-corrected chi connectivity index (χ3v) is 8.65. The number of nitrogens with one attached hydrogen (secondary N) is 2. The summed E-state index contributed by atoms with van der Waals surface area (Å²) in [4.78, 5) is 55.0. The number of hydrogen-bond donors (Lipinski definition) is 5. The van der Waals surface area contributed by atoms with Crippen LogP contribution in [0.25, 0.3) is 0 Å². The van der Waals surface area contributed by atoms with Gasteiger partial charge < -0.3 is 59.5 Å². The molecule has 0 spiro atoms. The molecule has 3 unspecified atom stereocenters. The number of aliphatic hydroxyl groups excluding tert-OH is 1. The predicted octanol–water partition coefficient (Wildman–Crippen LogP) is -2.40. The molecular formula is C29H54N7O12P. The van der Waals surface area contributed by atoms with Gasteiger partial charge in [0.1, 0.15) is 18.0 Å². The van der Waals surface area contributed by atoms with Gasteiger partial charge in [0.25, 0.3) is 0 Å². The van der Waals surface area contributed by atoms with Crippen LogP contribution in [0, 0.1) is 5.92 Å². The van der Waals surface area contributed by atoms with Gasteiger partial charge in [-0.1, -0.05) is 0 Å². The zero-order valence-corrected chi connectivity index (χ0v) is 29.3. The average Bonchev–Trinajstić information content (AvgIpc) is 3.41. The van der Waals surface area contributed by atoms with Gasteiger partial charge in [0.05, 0.1) is 66.0 Å². The fourth-order valence-electron chi connectivity index (χ4n) is 5.33. The van der Waals surface area contributed by atoms with E-state index in [1.54, 1.807) is 0 Å². The van der Waals surface area contributed by atoms with Gasteiger partial charge in [0.2, 0.25) is 11.8 Å². The summed E-state index contributed by atoms with van der Waals surface area (Å²) in [6, 6.07) is -0.671. The molecule has 0 aromatic carbocycles. The smallest absolute Gasteiger partial charge is 0.347 e. The first-order chi connectivity index (χ1) is 23.6. The van der Waals surface area contributed by atoms with Crippen LogP contribution in [0.4, 0.5) is 4.79 Å². The standard InChI is InChI=1S/C29H54N7O12P/c1-34-7-9-35(10-8-34)20-25(38)32-6-12-44-14-16-46-18-17-45-15-13-43-11-4-24(37)31-5-2-3-22-19-36(29(40)33-27(22)30)28-26(39)23(21-47-28)48-49(41)42/h22-23,26,28,39,49H,2-21H2,1H3,(H,31,37)(H,32,38)(H,41,42)(H2,30,33,40)/t22?,23?,26-,28+/m0/s1. The van der Waals surface area contributed by atoms with Gasteiger partial charge in [0.15, 0.2) is 6.23 Å². The van der Waals surface area contributed by atoms with E-state index in [1.165, 1.54) is 4.90 Å². The van der Waals surface area contributed by atoms with Gasteiger partial charge >= 0.3 is 14.3 Å². The van der Waals surface area contributed by atoms with E-state index in [-0.39, 0.29) is 49.7 Å². The molecule has 5 atom stereocenters. The second-order valence-electron chi connectivity index (χ2n) is 11.9. The SMILES string of the molecule is CN1CCN(CC(=O)NCCOCCOCCOCCOCCC(=O)NCCCC2CN([C@@H]3OCC(O[PH](=O)O)[C@@H]3O)C(=O)N=C2N)CC1. The lowest BCUT2D eigenvalue weighted by Crippen LogP contribution is -2.53. The summed E-state index contributed by atoms with van der Waals surface area (Å²) in [5.74, 6) is -0.299. The third-order valence-electron chi connectivity index (χ3n) is 8.14. The molecule has 0 saturated carbocycles. The molecule has 19 nitrogen and oxygen atoms in total. The van der Waals surface area contributed by atoms with Crippen molar-refractivity contribution in [3.05, 3.63) is 0 Å². The number of carbonyl (C=O) groups excluding carboxylic acids is 3. The second kappa shape index (κ2) is 23.2. The zero-order chi connectivity index (χ0) is 35.4. The number of nitrogens with zero attached hydrogens (tertiary/aromatic N) is 4. The van der Waals surface area contributed by atoms with E-state index in [2.05, 4.69) is 32.5 Å². The number of hydrogen-bond acceptors (Lipinski definition) is 14. The third kappa shape index (κ3) is 16.1. The molecule has 3 rings (SSSR count). The van der Waals surface area contributed by atoms with Crippen molar-refractivity contribution < 1.29 is 57.2 Å². The van der Waals surface area contributed by atoms with E-state index in [0.717, 1.165) is 26.2 Å². The van der Waals surface area contributed by atoms with E-state index < -0.39 is 32.7 Å². The van der Waals surface area contributed by atoms with Crippen molar-refractivity contribution in [3.8, 4) is 0 Å². The van der Waals surface area contributed by atoms with E-state index in [1.807, 2.05) is 0 Å². The largest absolute Gasteiger partial charge is 0.387 e. The number of amidine groups is 1. The van der Waals surface area contributed by atoms with Crippen LogP contribution in [-0.2, 0) is 42.4 Å². The molecule has 49 heavy (non-hydrogen) atoms. The van der Waals surface area contributed by atoms with Crippen molar-refractivity contribution in [2.45, 2.75) is 37.7 Å². The van der Waals surface area contributed by atoms with Crippen LogP contribution in [-0.4, -0.2) is 186 Å². The van der Waals surface area contributed by atoms with E-state index in [4.69, 9.17) is 38.8 Å². The molecule has 0 aliphatic carbocycles. The molecule has 3 aliphatic heterocycles. The molecule has 0 radical (unpaired) electrons. The Labute approximate surface area is 287 Å². The monoisotopic (exact) mass is 723 g/mol. The molecule has 3 heterocycles. The molecule has 20 heteroatoms. The Balaban J connectivity index is 1.09. The van der Waals surface area contributed by atoms with Gasteiger partial charge in [-0.2, -0.15) is 4.99 Å². The maximum absolute atomic E-state index is 12.4. The van der Waals surface area contributed by atoms with Crippen molar-refractivity contribution in [2.24, 2.45) is 16.6 Å². The molecule has 0 aromatic heterocycles. The first-order valence-corrected chi connectivity index (χ1v) is 18.0. The summed E-state index contributed by atoms with van der Waals surface area (Å²) >= 11 is 0. The second-order valence-corrected chi connectivity index (χ2v) is 12.7. The Morgan fingerprint density at radius 3 is 2.22 bits per heavy atom. The highest BCUT2D eigenvalue weighted by molar-refractivity contribution is 7.32. The summed E-state index contributed by atoms with van der Waals surface area (Å²) in [6.45, 7) is 8.13. The van der Waals surface area contributed by atoms with Crippen LogP contribution in [0.3, 0.4) is 0 Å². The normalized spacial score (nSPS) is 24.2. The number of ether oxygens (including phenoxy) is 5. The highest BCUT2D eigenvalue weighted by Crippen LogP contribution is 2.30. The molecular weight excluding hydrogens is 669 g/mol. The number of rotatable bonds is 24. The summed E-state index contributed by atoms with van der Waals surface area (Å²) in [6.07, 6.45) is -2.13. The lowest BCUT2D eigenvalue weighted by molar-refractivity contribution is -0.123. The fraction of sp³-hybridized carbons (Fsp3) is 0.862. The predicted molar refractivity (Wildman–Crippen MR) is 176 cm³/mol. The minimum Gasteiger partial charge on any atom is -0.387 e. The Morgan fingerprint density at radius 1 is 0.959 bits per heavy atom. The zero-order valence-electron chi connectivity index (χ0n) is 28.3. The highest BCUT2D eigenvalue weighted by atomic mass is 31.1. The number of aliphatic hydroxyl groups is 1. The van der Waals surface area contributed by atoms with Crippen LogP contribution >= 0.6 is 8.25 Å². The van der Waals surface area contributed by atoms with Gasteiger partial charge in [-0.05, 0) is 19.9 Å². The van der Waals surface area contributed by atoms with E-state index in [0.29, 0.717) is 78.7 Å². The number of carbonyl (C=O) groups is 3. The first-order valence-electron chi connectivity index (χ1n) is 16.7. The topological polar surface area (TPSA) is 236 Å². The number of aliphatic imine (C=N–C) groups is 1. The Morgan fingerprint density at radius 2 is 1.57 bits per heavy atom. The molecule has 282 valence electrons. The summed E-state index contributed by atoms with van der Waals surface area (Å²) in [5.41, 5.74) is 5.96. The van der Waals surface area contributed by atoms with Crippen molar-refractivity contribution in [3.63, 3.8) is 0 Å². The highest BCUT2D eigenvalue weighted by Gasteiger charge is 2.45. The van der Waals surface area contributed by atoms with Crippen molar-refractivity contribution in [2.75, 3.05) is 119 Å². The molecule has 4 amide bonds. The average molecular weight is 724 g/mol. The molecule has 3 aliphatic rings. The number of likely N-dealkylation sites (N-methyl/N-ethyl adjacent to an activating group) is 1. The lowest BCUT2D eigenvalue weighted by Gasteiger charge is -2.35. The molecule has 6 N–H and O–H groups in total. The maximum atomic E-state index is 12.4. The Kier molecular flexibility index (Phi) is 19.5. The number of urea groups is 1. The quantitative estimate of drug-likeness (QED) is 0.0516. The molecule has 0 bridgehead atoms. The summed E-state index contributed by atoms with van der Waals surface area (Å²) in [7, 11) is -1.20. The summed E-state index contributed by atoms with van der Waals surface area (Å²) in [5, 5.41) is 16.1. The Hall–Kier alpha value is -2.29. The van der Waals surface area contributed by atoms with Gasteiger partial charge in [-0.15, -0.1) is 0 Å². The van der Waals surface area contributed by atoms with Crippen molar-refractivity contribution >= 4 is 31.9 Å². The maximum Gasteiger partial charge on any atom is 0.347 e. The first kappa shape index (κ1) is 41.1. The van der Waals surface area contributed by atoms with Crippen molar-refractivity contribution in [1.82, 2.24) is 25.3 Å². The van der Waals surface area contributed by atoms with Gasteiger partial charge in [-0.3, -0.25) is 24.0 Å². The van der Waals surface area contributed by atoms with Gasteiger partial charge in [0, 0.05) is 58.2 Å². The van der Waals surface area contributed by atoms with Crippen molar-refractivity contribution in [1.29, 1.82) is 0 Å². The number of nitrogens with two attached hydrogens (primary N) is 1. The van der Waals surface area contributed by atoms with Crippen LogP contribution in [0.15, 0.2) is 4.99 Å². The van der Waals surface area contributed by atoms with Gasteiger partial charge in [-0.25, -0.2) is 4.79 Å². The number of amides is 4. The molecule has 2 saturated heterocycles. The molecule has 0 aromatic rings. The lowest BCUT2D eigenvalue weighted by atomic mass is 9.99. The van der Waals surface area contributed by atoms with E-state index in [9.17, 15) is 24.1 Å². The minimum atomic E-state index is -3.29. The number of piperazine rings is 1. The van der Waals surface area contributed by atoms with E-state index >= 15 is 0 Å². The van der Waals surface area contributed by atoms with Crippen LogP contribution < -0.4 is 16.4 Å². The van der Waals surface area contributed by atoms with Crippen LogP contribution in [0.1, 0.15) is 19.3 Å². The molecule has 2 fully saturated rings. The Bertz CT molecular complexity index is 1070. The van der Waals surface area contributed by atoms with Crippen LogP contribution in [0.5, 0.6) is 0 Å².